The molecule has 0 radical (unpaired) electrons. The molecular weight excluding hydrogens is 218 g/mol. The van der Waals surface area contributed by atoms with Gasteiger partial charge < -0.3 is 15.5 Å². The molecule has 1 aliphatic carbocycles. The molecule has 0 bridgehead atoms. The molecule has 1 amide bonds. The van der Waals surface area contributed by atoms with Crippen molar-refractivity contribution in [3.8, 4) is 0 Å². The molecule has 0 aliphatic heterocycles. The van der Waals surface area contributed by atoms with Crippen LogP contribution in [-0.4, -0.2) is 23.0 Å². The summed E-state index contributed by atoms with van der Waals surface area (Å²) in [6, 6.07) is 0. The van der Waals surface area contributed by atoms with E-state index < -0.39 is 0 Å². The van der Waals surface area contributed by atoms with Crippen LogP contribution in [0, 0.1) is 19.8 Å². The van der Waals surface area contributed by atoms with Gasteiger partial charge in [0.15, 0.2) is 5.89 Å². The monoisotopic (exact) mass is 237 g/mol. The number of aryl methyl sites for hydroxylation is 2. The smallest absolute Gasteiger partial charge is 0.289 e. The molecule has 0 spiro atoms. The van der Waals surface area contributed by atoms with Crippen LogP contribution in [0.2, 0.25) is 0 Å². The molecule has 2 rings (SSSR count). The molecule has 3 N–H and O–H groups in total. The van der Waals surface area contributed by atoms with Gasteiger partial charge in [-0.15, -0.1) is 0 Å². The molecule has 0 aromatic carbocycles. The zero-order valence-electron chi connectivity index (χ0n) is 10.5. The number of nitrogens with two attached hydrogens (primary N) is 1. The van der Waals surface area contributed by atoms with Crippen LogP contribution in [0.15, 0.2) is 4.42 Å². The van der Waals surface area contributed by atoms with Crippen LogP contribution in [0.1, 0.15) is 41.9 Å². The number of nitrogens with one attached hydrogen (secondary N) is 1. The first-order chi connectivity index (χ1) is 7.96. The Hall–Kier alpha value is -1.36. The topological polar surface area (TPSA) is 81.2 Å². The minimum atomic E-state index is -0.329. The highest BCUT2D eigenvalue weighted by Crippen LogP contribution is 2.39. The number of carbonyl (C=O) groups excluding carboxylic acids is 1. The molecule has 5 nitrogen and oxygen atoms in total. The highest BCUT2D eigenvalue weighted by atomic mass is 16.4. The van der Waals surface area contributed by atoms with Gasteiger partial charge in [0, 0.05) is 13.5 Å². The summed E-state index contributed by atoms with van der Waals surface area (Å²) in [5, 5.41) is 2.98. The molecule has 1 fully saturated rings. The highest BCUT2D eigenvalue weighted by Gasteiger charge is 2.42. The third kappa shape index (κ3) is 2.34. The zero-order valence-corrected chi connectivity index (χ0v) is 10.5. The standard InChI is InChI=1S/C12H19N3O2/c1-7-10(17-8(2)14-7)11(16)15-12(3,6-13)9-4-5-9/h9H,4-6,13H2,1-3H3,(H,15,16). The molecule has 5 heteroatoms. The quantitative estimate of drug-likeness (QED) is 0.823. The molecule has 1 aromatic rings. The molecule has 1 heterocycles. The Morgan fingerprint density at radius 1 is 1.59 bits per heavy atom. The third-order valence-electron chi connectivity index (χ3n) is 3.41. The van der Waals surface area contributed by atoms with E-state index >= 15 is 0 Å². The minimum Gasteiger partial charge on any atom is -0.436 e. The first-order valence-electron chi connectivity index (χ1n) is 5.93. The summed E-state index contributed by atoms with van der Waals surface area (Å²) in [4.78, 5) is 16.2. The molecule has 1 aliphatic rings. The second-order valence-corrected chi connectivity index (χ2v) is 5.00. The molecule has 1 aromatic heterocycles. The lowest BCUT2D eigenvalue weighted by atomic mass is 9.96. The van der Waals surface area contributed by atoms with Gasteiger partial charge in [-0.3, -0.25) is 4.79 Å². The summed E-state index contributed by atoms with van der Waals surface area (Å²) < 4.78 is 5.30. The third-order valence-corrected chi connectivity index (χ3v) is 3.41. The molecule has 17 heavy (non-hydrogen) atoms. The van der Waals surface area contributed by atoms with Crippen molar-refractivity contribution >= 4 is 5.91 Å². The van der Waals surface area contributed by atoms with Crippen molar-refractivity contribution in [2.45, 2.75) is 39.2 Å². The summed E-state index contributed by atoms with van der Waals surface area (Å²) in [6.07, 6.45) is 2.25. The number of hydrogen-bond donors (Lipinski definition) is 2. The van der Waals surface area contributed by atoms with Gasteiger partial charge in [0.2, 0.25) is 5.76 Å². The van der Waals surface area contributed by atoms with Crippen molar-refractivity contribution in [3.05, 3.63) is 17.3 Å². The molecule has 0 saturated heterocycles. The van der Waals surface area contributed by atoms with E-state index in [4.69, 9.17) is 10.2 Å². The van der Waals surface area contributed by atoms with Crippen LogP contribution in [0.25, 0.3) is 0 Å². The van der Waals surface area contributed by atoms with Crippen molar-refractivity contribution in [1.82, 2.24) is 10.3 Å². The van der Waals surface area contributed by atoms with E-state index in [0.717, 1.165) is 12.8 Å². The van der Waals surface area contributed by atoms with E-state index in [0.29, 0.717) is 29.8 Å². The Morgan fingerprint density at radius 3 is 2.65 bits per heavy atom. The molecular formula is C12H19N3O2. The summed E-state index contributed by atoms with van der Waals surface area (Å²) in [5.41, 5.74) is 6.05. The van der Waals surface area contributed by atoms with Gasteiger partial charge in [0.25, 0.3) is 5.91 Å². The van der Waals surface area contributed by atoms with Crippen LogP contribution >= 0.6 is 0 Å². The van der Waals surface area contributed by atoms with Crippen LogP contribution in [0.4, 0.5) is 0 Å². The maximum absolute atomic E-state index is 12.1. The van der Waals surface area contributed by atoms with E-state index in [9.17, 15) is 4.79 Å². The summed E-state index contributed by atoms with van der Waals surface area (Å²) in [7, 11) is 0. The van der Waals surface area contributed by atoms with Crippen LogP contribution in [0.5, 0.6) is 0 Å². The number of hydrogen-bond acceptors (Lipinski definition) is 4. The summed E-state index contributed by atoms with van der Waals surface area (Å²) in [5.74, 6) is 1.07. The molecule has 94 valence electrons. The number of nitrogens with zero attached hydrogens (tertiary/aromatic N) is 1. The van der Waals surface area contributed by atoms with Gasteiger partial charge >= 0.3 is 0 Å². The van der Waals surface area contributed by atoms with Crippen LogP contribution < -0.4 is 11.1 Å². The highest BCUT2D eigenvalue weighted by molar-refractivity contribution is 5.93. The largest absolute Gasteiger partial charge is 0.436 e. The van der Waals surface area contributed by atoms with E-state index in [1.165, 1.54) is 0 Å². The van der Waals surface area contributed by atoms with Crippen molar-refractivity contribution < 1.29 is 9.21 Å². The second-order valence-electron chi connectivity index (χ2n) is 5.00. The maximum atomic E-state index is 12.1. The van der Waals surface area contributed by atoms with Crippen molar-refractivity contribution in [1.29, 1.82) is 0 Å². The van der Waals surface area contributed by atoms with Crippen molar-refractivity contribution in [2.75, 3.05) is 6.54 Å². The van der Waals surface area contributed by atoms with E-state index in [2.05, 4.69) is 10.3 Å². The number of amides is 1. The fourth-order valence-electron chi connectivity index (χ4n) is 2.10. The first kappa shape index (κ1) is 12.1. The molecule has 1 atom stereocenters. The Kier molecular flexibility index (Phi) is 2.95. The van der Waals surface area contributed by atoms with E-state index in [1.807, 2.05) is 6.92 Å². The lowest BCUT2D eigenvalue weighted by molar-refractivity contribution is 0.0867. The number of rotatable bonds is 4. The minimum absolute atomic E-state index is 0.219. The van der Waals surface area contributed by atoms with Gasteiger partial charge in [-0.25, -0.2) is 4.98 Å². The summed E-state index contributed by atoms with van der Waals surface area (Å²) >= 11 is 0. The fourth-order valence-corrected chi connectivity index (χ4v) is 2.10. The predicted octanol–water partition coefficient (Wildman–Crippen LogP) is 1.15. The van der Waals surface area contributed by atoms with E-state index in [-0.39, 0.29) is 11.4 Å². The maximum Gasteiger partial charge on any atom is 0.289 e. The fraction of sp³-hybridized carbons (Fsp3) is 0.667. The van der Waals surface area contributed by atoms with Gasteiger partial charge in [0.05, 0.1) is 11.2 Å². The second kappa shape index (κ2) is 4.14. The Bertz CT molecular complexity index is 437. The normalized spacial score (nSPS) is 18.8. The molecule has 1 unspecified atom stereocenters. The van der Waals surface area contributed by atoms with Crippen molar-refractivity contribution in [2.24, 2.45) is 11.7 Å². The van der Waals surface area contributed by atoms with Gasteiger partial charge in [0.1, 0.15) is 0 Å². The average molecular weight is 237 g/mol. The first-order valence-corrected chi connectivity index (χ1v) is 5.93. The van der Waals surface area contributed by atoms with Gasteiger partial charge in [-0.1, -0.05) is 0 Å². The van der Waals surface area contributed by atoms with E-state index in [1.54, 1.807) is 13.8 Å². The molecule has 1 saturated carbocycles. The average Bonchev–Trinajstić information content (AvgIpc) is 3.05. The SMILES string of the molecule is Cc1nc(C)c(C(=O)NC(C)(CN)C2CC2)o1. The predicted molar refractivity (Wildman–Crippen MR) is 63.6 cm³/mol. The Balaban J connectivity index is 2.13. The lowest BCUT2D eigenvalue weighted by Gasteiger charge is -2.29. The Labute approximate surface area is 101 Å². The number of oxazole rings is 1. The number of carbonyl (C=O) groups is 1. The zero-order chi connectivity index (χ0) is 12.6. The number of aromatic nitrogens is 1. The lowest BCUT2D eigenvalue weighted by Crippen LogP contribution is -2.53. The summed E-state index contributed by atoms with van der Waals surface area (Å²) in [6.45, 7) is 5.92. The van der Waals surface area contributed by atoms with Crippen molar-refractivity contribution in [3.63, 3.8) is 0 Å². The van der Waals surface area contributed by atoms with Gasteiger partial charge in [-0.05, 0) is 32.6 Å². The van der Waals surface area contributed by atoms with Crippen LogP contribution in [-0.2, 0) is 0 Å². The van der Waals surface area contributed by atoms with Crippen LogP contribution in [0.3, 0.4) is 0 Å². The Morgan fingerprint density at radius 2 is 2.24 bits per heavy atom. The van der Waals surface area contributed by atoms with Gasteiger partial charge in [-0.2, -0.15) is 0 Å².